The quantitative estimate of drug-likeness (QED) is 0.743. The Hall–Kier alpha value is -2.35. The number of aryl methyl sites for hydroxylation is 2. The van der Waals surface area contributed by atoms with Gasteiger partial charge in [0.05, 0.1) is 5.69 Å². The molecule has 2 aromatic carbocycles. The summed E-state index contributed by atoms with van der Waals surface area (Å²) in [4.78, 5) is 4.66. The molecule has 2 aromatic rings. The molecule has 0 amide bonds. The van der Waals surface area contributed by atoms with E-state index in [1.807, 2.05) is 37.3 Å². The van der Waals surface area contributed by atoms with Crippen LogP contribution in [0.2, 0.25) is 0 Å². The van der Waals surface area contributed by atoms with Crippen molar-refractivity contribution in [2.24, 2.45) is 4.99 Å². The molecule has 0 bridgehead atoms. The van der Waals surface area contributed by atoms with Crippen LogP contribution in [-0.4, -0.2) is 5.71 Å². The second kappa shape index (κ2) is 6.89. The molecule has 0 aromatic heterocycles. The van der Waals surface area contributed by atoms with E-state index < -0.39 is 0 Å². The fourth-order valence-electron chi connectivity index (χ4n) is 2.19. The number of anilines is 1. The zero-order chi connectivity index (χ0) is 15.2. The van der Waals surface area contributed by atoms with Crippen molar-refractivity contribution in [1.29, 1.82) is 0 Å². The second-order valence-electron chi connectivity index (χ2n) is 5.31. The molecule has 0 atom stereocenters. The van der Waals surface area contributed by atoms with Gasteiger partial charge in [0, 0.05) is 17.1 Å². The molecule has 2 nitrogen and oxygen atoms in total. The van der Waals surface area contributed by atoms with E-state index in [1.54, 1.807) is 0 Å². The predicted molar refractivity (Wildman–Crippen MR) is 92.5 cm³/mol. The highest BCUT2D eigenvalue weighted by molar-refractivity contribution is 5.95. The molecule has 0 saturated heterocycles. The van der Waals surface area contributed by atoms with Gasteiger partial charge in [-0.1, -0.05) is 36.4 Å². The summed E-state index contributed by atoms with van der Waals surface area (Å²) in [5.41, 5.74) is 6.65. The number of benzene rings is 2. The Balaban J connectivity index is 2.15. The molecule has 0 fully saturated rings. The van der Waals surface area contributed by atoms with E-state index in [0.29, 0.717) is 0 Å². The van der Waals surface area contributed by atoms with Gasteiger partial charge in [-0.25, -0.2) is 0 Å². The van der Waals surface area contributed by atoms with Gasteiger partial charge in [-0.2, -0.15) is 0 Å². The fraction of sp³-hybridized carbons (Fsp3) is 0.211. The first-order chi connectivity index (χ1) is 10.1. The largest absolute Gasteiger partial charge is 0.359 e. The maximum absolute atomic E-state index is 4.66. The Morgan fingerprint density at radius 2 is 1.52 bits per heavy atom. The highest BCUT2D eigenvalue weighted by atomic mass is 14.9. The van der Waals surface area contributed by atoms with Gasteiger partial charge in [-0.15, -0.1) is 0 Å². The van der Waals surface area contributed by atoms with Crippen molar-refractivity contribution in [2.45, 2.75) is 27.7 Å². The molecule has 0 heterocycles. The van der Waals surface area contributed by atoms with Crippen molar-refractivity contribution >= 4 is 17.1 Å². The second-order valence-corrected chi connectivity index (χ2v) is 5.31. The van der Waals surface area contributed by atoms with E-state index in [-0.39, 0.29) is 0 Å². The number of aliphatic imine (C=N–C) groups is 1. The number of nitrogens with zero attached hydrogens (tertiary/aromatic N) is 1. The maximum Gasteiger partial charge on any atom is 0.0661 e. The highest BCUT2D eigenvalue weighted by Gasteiger charge is 1.98. The molecular formula is C19H22N2. The third-order valence-electron chi connectivity index (χ3n) is 3.31. The monoisotopic (exact) mass is 278 g/mol. The van der Waals surface area contributed by atoms with Crippen LogP contribution in [0.1, 0.15) is 25.0 Å². The number of rotatable bonds is 4. The van der Waals surface area contributed by atoms with Crippen LogP contribution in [0.25, 0.3) is 0 Å². The van der Waals surface area contributed by atoms with Crippen molar-refractivity contribution in [1.82, 2.24) is 0 Å². The summed E-state index contributed by atoms with van der Waals surface area (Å²) in [6, 6.07) is 16.4. The van der Waals surface area contributed by atoms with Crippen LogP contribution in [0.5, 0.6) is 0 Å². The standard InChI is InChI=1S/C19H22N2/c1-14-9-5-7-11-18(14)20-16(3)13-17(4)21-19-12-8-6-10-15(19)2/h5-13,20H,1-4H3/b16-13+,21-17?. The van der Waals surface area contributed by atoms with E-state index >= 15 is 0 Å². The smallest absolute Gasteiger partial charge is 0.0661 e. The van der Waals surface area contributed by atoms with E-state index in [9.17, 15) is 0 Å². The fourth-order valence-corrected chi connectivity index (χ4v) is 2.19. The van der Waals surface area contributed by atoms with Gasteiger partial charge in [-0.3, -0.25) is 4.99 Å². The van der Waals surface area contributed by atoms with E-state index in [1.165, 1.54) is 11.1 Å². The summed E-state index contributed by atoms with van der Waals surface area (Å²) in [7, 11) is 0. The average Bonchev–Trinajstić information content (AvgIpc) is 2.44. The molecule has 0 radical (unpaired) electrons. The van der Waals surface area contributed by atoms with Crippen molar-refractivity contribution in [2.75, 3.05) is 5.32 Å². The zero-order valence-electron chi connectivity index (χ0n) is 13.1. The van der Waals surface area contributed by atoms with Gasteiger partial charge in [0.2, 0.25) is 0 Å². The minimum atomic E-state index is 0.989. The van der Waals surface area contributed by atoms with Crippen LogP contribution in [-0.2, 0) is 0 Å². The zero-order valence-corrected chi connectivity index (χ0v) is 13.1. The van der Waals surface area contributed by atoms with Crippen LogP contribution in [0.3, 0.4) is 0 Å². The Labute approximate surface area is 127 Å². The molecule has 1 N–H and O–H groups in total. The Bertz CT molecular complexity index is 681. The highest BCUT2D eigenvalue weighted by Crippen LogP contribution is 2.18. The van der Waals surface area contributed by atoms with E-state index in [4.69, 9.17) is 0 Å². The van der Waals surface area contributed by atoms with Crippen LogP contribution >= 0.6 is 0 Å². The number of nitrogens with one attached hydrogen (secondary N) is 1. The average molecular weight is 278 g/mol. The molecule has 0 saturated carbocycles. The lowest BCUT2D eigenvalue weighted by Gasteiger charge is -2.09. The van der Waals surface area contributed by atoms with Gasteiger partial charge in [-0.05, 0) is 57.0 Å². The molecule has 0 aliphatic heterocycles. The minimum Gasteiger partial charge on any atom is -0.359 e. The third kappa shape index (κ3) is 4.32. The van der Waals surface area contributed by atoms with Gasteiger partial charge in [0.25, 0.3) is 0 Å². The summed E-state index contributed by atoms with van der Waals surface area (Å²) < 4.78 is 0. The molecule has 108 valence electrons. The first kappa shape index (κ1) is 15.0. The normalized spacial score (nSPS) is 12.4. The number of para-hydroxylation sites is 2. The SMILES string of the molecule is CC(/C=C(\C)Nc1ccccc1C)=Nc1ccccc1C. The molecule has 21 heavy (non-hydrogen) atoms. The Morgan fingerprint density at radius 1 is 0.905 bits per heavy atom. The molecule has 0 spiro atoms. The molecular weight excluding hydrogens is 256 g/mol. The Kier molecular flexibility index (Phi) is 4.94. The van der Waals surface area contributed by atoms with Crippen LogP contribution < -0.4 is 5.32 Å². The lowest BCUT2D eigenvalue weighted by molar-refractivity contribution is 1.33. The summed E-state index contributed by atoms with van der Waals surface area (Å²) in [6.45, 7) is 8.26. The summed E-state index contributed by atoms with van der Waals surface area (Å²) in [5, 5.41) is 3.42. The van der Waals surface area contributed by atoms with Crippen LogP contribution in [0, 0.1) is 13.8 Å². The minimum absolute atomic E-state index is 0.989. The molecule has 2 rings (SSSR count). The van der Waals surface area contributed by atoms with Gasteiger partial charge < -0.3 is 5.32 Å². The van der Waals surface area contributed by atoms with E-state index in [0.717, 1.165) is 22.8 Å². The predicted octanol–water partition coefficient (Wildman–Crippen LogP) is 5.41. The molecule has 0 unspecified atom stereocenters. The van der Waals surface area contributed by atoms with Gasteiger partial charge >= 0.3 is 0 Å². The lowest BCUT2D eigenvalue weighted by Crippen LogP contribution is -2.00. The molecule has 0 aliphatic carbocycles. The first-order valence-electron chi connectivity index (χ1n) is 7.18. The topological polar surface area (TPSA) is 24.4 Å². The lowest BCUT2D eigenvalue weighted by atomic mass is 10.2. The van der Waals surface area contributed by atoms with Crippen molar-refractivity contribution in [3.05, 3.63) is 71.4 Å². The summed E-state index contributed by atoms with van der Waals surface area (Å²) in [6.07, 6.45) is 2.07. The van der Waals surface area contributed by atoms with Crippen molar-refractivity contribution < 1.29 is 0 Å². The van der Waals surface area contributed by atoms with Crippen LogP contribution in [0.4, 0.5) is 11.4 Å². The summed E-state index contributed by atoms with van der Waals surface area (Å²) in [5.74, 6) is 0. The molecule has 2 heteroatoms. The van der Waals surface area contributed by atoms with Gasteiger partial charge in [0.1, 0.15) is 0 Å². The molecule has 0 aliphatic rings. The third-order valence-corrected chi connectivity index (χ3v) is 3.31. The Morgan fingerprint density at radius 3 is 2.19 bits per heavy atom. The van der Waals surface area contributed by atoms with Crippen LogP contribution in [0.15, 0.2) is 65.3 Å². The van der Waals surface area contributed by atoms with Gasteiger partial charge in [0.15, 0.2) is 0 Å². The first-order valence-corrected chi connectivity index (χ1v) is 7.18. The maximum atomic E-state index is 4.66. The number of hydrogen-bond donors (Lipinski definition) is 1. The van der Waals surface area contributed by atoms with Crippen molar-refractivity contribution in [3.8, 4) is 0 Å². The van der Waals surface area contributed by atoms with E-state index in [2.05, 4.69) is 55.4 Å². The van der Waals surface area contributed by atoms with Crippen molar-refractivity contribution in [3.63, 3.8) is 0 Å². The summed E-state index contributed by atoms with van der Waals surface area (Å²) >= 11 is 0. The number of hydrogen-bond acceptors (Lipinski definition) is 2. The number of allylic oxidation sites excluding steroid dienone is 2.